The number of nitriles is 1. The number of nitrogen functional groups attached to an aromatic ring is 1. The van der Waals surface area contributed by atoms with Crippen molar-refractivity contribution in [3.8, 4) is 6.07 Å². The lowest BCUT2D eigenvalue weighted by Crippen LogP contribution is -2.27. The number of hydrogen-bond acceptors (Lipinski definition) is 6. The Hall–Kier alpha value is -1.74. The highest BCUT2D eigenvalue weighted by Gasteiger charge is 2.26. The van der Waals surface area contributed by atoms with E-state index in [1.165, 1.54) is 50.6 Å². The Balaban J connectivity index is 2.24. The maximum Gasteiger partial charge on any atom is 0.343 e. The first-order chi connectivity index (χ1) is 10.1. The van der Waals surface area contributed by atoms with Gasteiger partial charge < -0.3 is 15.4 Å². The van der Waals surface area contributed by atoms with Crippen LogP contribution in [0.4, 0.5) is 10.7 Å². The van der Waals surface area contributed by atoms with Crippen molar-refractivity contribution >= 4 is 28.0 Å². The van der Waals surface area contributed by atoms with E-state index in [1.807, 2.05) is 11.9 Å². The summed E-state index contributed by atoms with van der Waals surface area (Å²) in [6, 6.07) is 2.05. The number of carbonyl (C=O) groups excluding carboxylic acids is 1. The summed E-state index contributed by atoms with van der Waals surface area (Å²) in [7, 11) is 3.28. The maximum absolute atomic E-state index is 11.9. The fraction of sp³-hybridized carbons (Fsp3) is 0.600. The average Bonchev–Trinajstić information content (AvgIpc) is 2.84. The van der Waals surface area contributed by atoms with Crippen LogP contribution in [-0.2, 0) is 4.74 Å². The molecule has 0 amide bonds. The van der Waals surface area contributed by atoms with Crippen LogP contribution in [0.3, 0.4) is 0 Å². The molecule has 21 heavy (non-hydrogen) atoms. The number of carbonyl (C=O) groups is 1. The van der Waals surface area contributed by atoms with Crippen molar-refractivity contribution in [2.24, 2.45) is 5.92 Å². The molecule has 1 fully saturated rings. The standard InChI is InChI=1S/C15H21N3O2S/c1-18(9-10-6-4-3-5-7-10)14-12(15(19)20-2)13(17)11(8-16)21-14/h10H,3-7,9,17H2,1-2H3. The van der Waals surface area contributed by atoms with Gasteiger partial charge in [0.15, 0.2) is 0 Å². The van der Waals surface area contributed by atoms with Gasteiger partial charge in [0.1, 0.15) is 21.5 Å². The molecule has 0 bridgehead atoms. The summed E-state index contributed by atoms with van der Waals surface area (Å²) in [6.07, 6.45) is 6.32. The fourth-order valence-corrected chi connectivity index (χ4v) is 3.90. The highest BCUT2D eigenvalue weighted by molar-refractivity contribution is 7.17. The Labute approximate surface area is 129 Å². The summed E-state index contributed by atoms with van der Waals surface area (Å²) < 4.78 is 4.81. The first kappa shape index (κ1) is 15.6. The Morgan fingerprint density at radius 3 is 2.71 bits per heavy atom. The minimum atomic E-state index is -0.476. The molecule has 1 heterocycles. The maximum atomic E-state index is 11.9. The van der Waals surface area contributed by atoms with Gasteiger partial charge in [-0.05, 0) is 18.8 Å². The molecule has 0 saturated heterocycles. The number of methoxy groups -OCH3 is 1. The molecule has 0 spiro atoms. The van der Waals surface area contributed by atoms with Gasteiger partial charge >= 0.3 is 5.97 Å². The normalized spacial score (nSPS) is 15.5. The molecule has 0 unspecified atom stereocenters. The van der Waals surface area contributed by atoms with E-state index >= 15 is 0 Å². The van der Waals surface area contributed by atoms with Crippen molar-refractivity contribution in [2.75, 3.05) is 31.3 Å². The van der Waals surface area contributed by atoms with Crippen LogP contribution in [0.2, 0.25) is 0 Å². The van der Waals surface area contributed by atoms with Gasteiger partial charge in [0.05, 0.1) is 12.8 Å². The van der Waals surface area contributed by atoms with Crippen molar-refractivity contribution in [3.63, 3.8) is 0 Å². The van der Waals surface area contributed by atoms with E-state index in [1.54, 1.807) is 0 Å². The number of nitrogens with zero attached hydrogens (tertiary/aromatic N) is 2. The molecule has 1 aliphatic rings. The topological polar surface area (TPSA) is 79.3 Å². The molecule has 0 aromatic carbocycles. The summed E-state index contributed by atoms with van der Waals surface area (Å²) in [5.74, 6) is 0.166. The van der Waals surface area contributed by atoms with Crippen molar-refractivity contribution in [2.45, 2.75) is 32.1 Å². The molecule has 0 atom stereocenters. The predicted octanol–water partition coefficient (Wildman–Crippen LogP) is 3.01. The molecule has 1 aromatic rings. The van der Waals surface area contributed by atoms with Crippen LogP contribution in [0.1, 0.15) is 47.3 Å². The Morgan fingerprint density at radius 1 is 1.48 bits per heavy atom. The van der Waals surface area contributed by atoms with Gasteiger partial charge in [0, 0.05) is 13.6 Å². The third-order valence-electron chi connectivity index (χ3n) is 4.02. The molecule has 2 N–H and O–H groups in total. The molecule has 0 radical (unpaired) electrons. The lowest BCUT2D eigenvalue weighted by Gasteiger charge is -2.27. The summed E-state index contributed by atoms with van der Waals surface area (Å²) in [5.41, 5.74) is 6.49. The lowest BCUT2D eigenvalue weighted by atomic mass is 9.89. The van der Waals surface area contributed by atoms with Gasteiger partial charge in [-0.3, -0.25) is 0 Å². The van der Waals surface area contributed by atoms with Crippen LogP contribution in [-0.4, -0.2) is 26.7 Å². The van der Waals surface area contributed by atoms with Gasteiger partial charge in [-0.25, -0.2) is 4.79 Å². The van der Waals surface area contributed by atoms with E-state index in [9.17, 15) is 4.79 Å². The summed E-state index contributed by atoms with van der Waals surface area (Å²) in [5, 5.41) is 9.86. The third-order valence-corrected chi connectivity index (χ3v) is 5.25. The van der Waals surface area contributed by atoms with Crippen molar-refractivity contribution < 1.29 is 9.53 Å². The highest BCUT2D eigenvalue weighted by Crippen LogP contribution is 2.38. The predicted molar refractivity (Wildman–Crippen MR) is 84.6 cm³/mol. The van der Waals surface area contributed by atoms with E-state index in [4.69, 9.17) is 15.7 Å². The minimum absolute atomic E-state index is 0.236. The number of hydrogen-bond donors (Lipinski definition) is 1. The zero-order chi connectivity index (χ0) is 15.4. The summed E-state index contributed by atoms with van der Waals surface area (Å²) in [6.45, 7) is 0.884. The first-order valence-electron chi connectivity index (χ1n) is 7.20. The molecular formula is C15H21N3O2S. The van der Waals surface area contributed by atoms with Crippen LogP contribution in [0.15, 0.2) is 0 Å². The van der Waals surface area contributed by atoms with E-state index in [2.05, 4.69) is 6.07 Å². The van der Waals surface area contributed by atoms with Crippen LogP contribution < -0.4 is 10.6 Å². The second kappa shape index (κ2) is 6.81. The largest absolute Gasteiger partial charge is 0.465 e. The number of thiophene rings is 1. The fourth-order valence-electron chi connectivity index (χ4n) is 2.92. The minimum Gasteiger partial charge on any atom is -0.465 e. The molecule has 0 aliphatic heterocycles. The van der Waals surface area contributed by atoms with Crippen LogP contribution in [0, 0.1) is 17.2 Å². The second-order valence-corrected chi connectivity index (χ2v) is 6.51. The van der Waals surface area contributed by atoms with Gasteiger partial charge in [-0.1, -0.05) is 19.3 Å². The van der Waals surface area contributed by atoms with E-state index in [0.717, 1.165) is 11.5 Å². The monoisotopic (exact) mass is 307 g/mol. The Kier molecular flexibility index (Phi) is 5.07. The zero-order valence-electron chi connectivity index (χ0n) is 12.5. The first-order valence-corrected chi connectivity index (χ1v) is 8.02. The lowest BCUT2D eigenvalue weighted by molar-refractivity contribution is 0.0603. The van der Waals surface area contributed by atoms with Gasteiger partial charge in [-0.2, -0.15) is 5.26 Å². The quantitative estimate of drug-likeness (QED) is 0.865. The van der Waals surface area contributed by atoms with Crippen molar-refractivity contribution in [1.29, 1.82) is 5.26 Å². The van der Waals surface area contributed by atoms with E-state index in [0.29, 0.717) is 16.4 Å². The number of esters is 1. The third kappa shape index (κ3) is 3.30. The van der Waals surface area contributed by atoms with Crippen LogP contribution >= 0.6 is 11.3 Å². The van der Waals surface area contributed by atoms with Crippen LogP contribution in [0.5, 0.6) is 0 Å². The van der Waals surface area contributed by atoms with Crippen molar-refractivity contribution in [3.05, 3.63) is 10.4 Å². The zero-order valence-corrected chi connectivity index (χ0v) is 13.3. The van der Waals surface area contributed by atoms with Gasteiger partial charge in [0.25, 0.3) is 0 Å². The molecule has 2 rings (SSSR count). The average molecular weight is 307 g/mol. The van der Waals surface area contributed by atoms with Gasteiger partial charge in [0.2, 0.25) is 0 Å². The molecule has 114 valence electrons. The van der Waals surface area contributed by atoms with Crippen molar-refractivity contribution in [1.82, 2.24) is 0 Å². The number of nitrogens with two attached hydrogens (primary N) is 1. The molecule has 6 heteroatoms. The molecule has 1 aromatic heterocycles. The van der Waals surface area contributed by atoms with Crippen LogP contribution in [0.25, 0.3) is 0 Å². The van der Waals surface area contributed by atoms with E-state index in [-0.39, 0.29) is 5.69 Å². The molecule has 1 saturated carbocycles. The SMILES string of the molecule is COC(=O)c1c(N(C)CC2CCCCC2)sc(C#N)c1N. The highest BCUT2D eigenvalue weighted by atomic mass is 32.1. The number of anilines is 2. The number of ether oxygens (including phenoxy) is 1. The number of rotatable bonds is 4. The smallest absolute Gasteiger partial charge is 0.343 e. The van der Waals surface area contributed by atoms with Gasteiger partial charge in [-0.15, -0.1) is 11.3 Å². The van der Waals surface area contributed by atoms with E-state index < -0.39 is 5.97 Å². The molecular weight excluding hydrogens is 286 g/mol. The Morgan fingerprint density at radius 2 is 2.14 bits per heavy atom. The molecule has 5 nitrogen and oxygen atoms in total. The summed E-state index contributed by atoms with van der Waals surface area (Å²) >= 11 is 1.27. The second-order valence-electron chi connectivity index (χ2n) is 5.51. The summed E-state index contributed by atoms with van der Waals surface area (Å²) in [4.78, 5) is 14.4. The Bertz CT molecular complexity index is 556. The molecule has 1 aliphatic carbocycles.